The summed E-state index contributed by atoms with van der Waals surface area (Å²) in [5.74, 6) is -0.0209. The third kappa shape index (κ3) is 8.00. The van der Waals surface area contributed by atoms with Crippen LogP contribution in [0.2, 0.25) is 0 Å². The van der Waals surface area contributed by atoms with E-state index in [0.717, 1.165) is 11.4 Å². The first-order valence-corrected chi connectivity index (χ1v) is 8.85. The SMILES string of the molecule is CC.CC(=O)NC(C)c1cccn1C.CC(=O)NC(C)c1ccnn1C. The van der Waals surface area contributed by atoms with Gasteiger partial charge < -0.3 is 15.2 Å². The van der Waals surface area contributed by atoms with E-state index in [9.17, 15) is 9.59 Å². The standard InChI is InChI=1S/C9H14N2O.C8H13N3O.C2H6/c1-7(10-8(2)12)9-5-4-6-11(9)3;1-6(10-7(2)12)8-4-5-9-11(8)3;1-2/h4-7H,1-3H3,(H,10,12);4-6H,1-3H3,(H,10,12);1-2H3. The molecule has 0 aromatic carbocycles. The number of aromatic nitrogens is 3. The molecule has 146 valence electrons. The van der Waals surface area contributed by atoms with Crippen LogP contribution in [0.25, 0.3) is 0 Å². The molecule has 2 atom stereocenters. The van der Waals surface area contributed by atoms with Crippen LogP contribution in [-0.4, -0.2) is 26.2 Å². The van der Waals surface area contributed by atoms with E-state index in [2.05, 4.69) is 15.7 Å². The number of carbonyl (C=O) groups is 2. The molecule has 2 amide bonds. The van der Waals surface area contributed by atoms with E-state index >= 15 is 0 Å². The van der Waals surface area contributed by atoms with E-state index in [1.807, 2.05) is 70.8 Å². The first-order valence-electron chi connectivity index (χ1n) is 8.85. The summed E-state index contributed by atoms with van der Waals surface area (Å²) < 4.78 is 3.75. The van der Waals surface area contributed by atoms with Crippen LogP contribution in [0, 0.1) is 0 Å². The van der Waals surface area contributed by atoms with Crippen molar-refractivity contribution in [3.05, 3.63) is 42.0 Å². The normalized spacial score (nSPS) is 11.8. The second-order valence-electron chi connectivity index (χ2n) is 5.77. The van der Waals surface area contributed by atoms with Gasteiger partial charge in [-0.15, -0.1) is 0 Å². The summed E-state index contributed by atoms with van der Waals surface area (Å²) in [5, 5.41) is 9.62. The molecule has 2 rings (SSSR count). The highest BCUT2D eigenvalue weighted by molar-refractivity contribution is 5.73. The Labute approximate surface area is 156 Å². The van der Waals surface area contributed by atoms with Crippen LogP contribution in [0.5, 0.6) is 0 Å². The summed E-state index contributed by atoms with van der Waals surface area (Å²) in [7, 11) is 3.82. The van der Waals surface area contributed by atoms with Crippen molar-refractivity contribution in [2.75, 3.05) is 0 Å². The van der Waals surface area contributed by atoms with Gasteiger partial charge in [0.2, 0.25) is 11.8 Å². The number of carbonyl (C=O) groups excluding carboxylic acids is 2. The highest BCUT2D eigenvalue weighted by Gasteiger charge is 2.09. The summed E-state index contributed by atoms with van der Waals surface area (Å²) in [6.07, 6.45) is 3.68. The molecular formula is C19H33N5O2. The molecule has 0 spiro atoms. The summed E-state index contributed by atoms with van der Waals surface area (Å²) >= 11 is 0. The van der Waals surface area contributed by atoms with Gasteiger partial charge in [-0.25, -0.2) is 0 Å². The summed E-state index contributed by atoms with van der Waals surface area (Å²) in [4.78, 5) is 21.5. The van der Waals surface area contributed by atoms with E-state index in [1.165, 1.54) is 13.8 Å². The maximum atomic E-state index is 10.7. The number of aryl methyl sites for hydroxylation is 2. The Morgan fingerprint density at radius 2 is 1.46 bits per heavy atom. The lowest BCUT2D eigenvalue weighted by Crippen LogP contribution is -2.25. The van der Waals surface area contributed by atoms with E-state index in [4.69, 9.17) is 0 Å². The van der Waals surface area contributed by atoms with Gasteiger partial charge in [0.15, 0.2) is 0 Å². The van der Waals surface area contributed by atoms with Gasteiger partial charge in [0.05, 0.1) is 17.8 Å². The number of nitrogens with zero attached hydrogens (tertiary/aromatic N) is 3. The summed E-state index contributed by atoms with van der Waals surface area (Å²) in [5.41, 5.74) is 2.12. The smallest absolute Gasteiger partial charge is 0.217 e. The van der Waals surface area contributed by atoms with Crippen LogP contribution < -0.4 is 10.6 Å². The number of rotatable bonds is 4. The molecular weight excluding hydrogens is 330 g/mol. The average Bonchev–Trinajstić information content (AvgIpc) is 3.17. The van der Waals surface area contributed by atoms with Crippen molar-refractivity contribution in [3.8, 4) is 0 Å². The lowest BCUT2D eigenvalue weighted by molar-refractivity contribution is -0.120. The molecule has 0 aliphatic carbocycles. The largest absolute Gasteiger partial charge is 0.353 e. The fraction of sp³-hybridized carbons (Fsp3) is 0.526. The minimum Gasteiger partial charge on any atom is -0.353 e. The second kappa shape index (κ2) is 11.9. The van der Waals surface area contributed by atoms with Crippen LogP contribution in [0.3, 0.4) is 0 Å². The van der Waals surface area contributed by atoms with Crippen molar-refractivity contribution in [2.24, 2.45) is 14.1 Å². The molecule has 0 saturated carbocycles. The number of hydrogen-bond donors (Lipinski definition) is 2. The summed E-state index contributed by atoms with van der Waals surface area (Å²) in [6.45, 7) is 10.9. The fourth-order valence-corrected chi connectivity index (χ4v) is 2.49. The zero-order valence-electron chi connectivity index (χ0n) is 17.2. The fourth-order valence-electron chi connectivity index (χ4n) is 2.49. The average molecular weight is 364 g/mol. The molecule has 0 aliphatic rings. The molecule has 0 saturated heterocycles. The van der Waals surface area contributed by atoms with Gasteiger partial charge in [-0.2, -0.15) is 5.10 Å². The quantitative estimate of drug-likeness (QED) is 0.876. The third-order valence-corrected chi connectivity index (χ3v) is 3.57. The highest BCUT2D eigenvalue weighted by Crippen LogP contribution is 2.11. The second-order valence-corrected chi connectivity index (χ2v) is 5.77. The van der Waals surface area contributed by atoms with Crippen molar-refractivity contribution >= 4 is 11.8 Å². The Hall–Kier alpha value is -2.57. The van der Waals surface area contributed by atoms with Gasteiger partial charge in [-0.3, -0.25) is 14.3 Å². The predicted octanol–water partition coefficient (Wildman–Crippen LogP) is 2.87. The van der Waals surface area contributed by atoms with Crippen molar-refractivity contribution in [3.63, 3.8) is 0 Å². The van der Waals surface area contributed by atoms with Crippen LogP contribution in [0.4, 0.5) is 0 Å². The molecule has 2 aromatic heterocycles. The first kappa shape index (κ1) is 23.4. The van der Waals surface area contributed by atoms with Crippen LogP contribution >= 0.6 is 0 Å². The zero-order valence-corrected chi connectivity index (χ0v) is 17.2. The zero-order chi connectivity index (χ0) is 20.3. The van der Waals surface area contributed by atoms with Crippen molar-refractivity contribution < 1.29 is 9.59 Å². The maximum Gasteiger partial charge on any atom is 0.217 e. The molecule has 0 aliphatic heterocycles. The van der Waals surface area contributed by atoms with E-state index in [1.54, 1.807) is 10.9 Å². The maximum absolute atomic E-state index is 10.7. The molecule has 2 heterocycles. The van der Waals surface area contributed by atoms with Gasteiger partial charge >= 0.3 is 0 Å². The molecule has 7 nitrogen and oxygen atoms in total. The van der Waals surface area contributed by atoms with Crippen LogP contribution in [-0.2, 0) is 23.7 Å². The third-order valence-electron chi connectivity index (χ3n) is 3.57. The lowest BCUT2D eigenvalue weighted by atomic mass is 10.2. The number of nitrogens with one attached hydrogen (secondary N) is 2. The molecule has 2 aromatic rings. The molecule has 0 bridgehead atoms. The van der Waals surface area contributed by atoms with E-state index in [-0.39, 0.29) is 23.9 Å². The number of hydrogen-bond acceptors (Lipinski definition) is 3. The molecule has 7 heteroatoms. The van der Waals surface area contributed by atoms with E-state index < -0.39 is 0 Å². The van der Waals surface area contributed by atoms with Crippen LogP contribution in [0.1, 0.15) is 65.0 Å². The van der Waals surface area contributed by atoms with Crippen LogP contribution in [0.15, 0.2) is 30.6 Å². The Kier molecular flexibility index (Phi) is 10.7. The Bertz CT molecular complexity index is 617. The Morgan fingerprint density at radius 1 is 0.962 bits per heavy atom. The first-order chi connectivity index (χ1) is 12.2. The Balaban J connectivity index is 0.000000439. The molecule has 26 heavy (non-hydrogen) atoms. The van der Waals surface area contributed by atoms with Crippen molar-refractivity contribution in [1.29, 1.82) is 0 Å². The molecule has 0 radical (unpaired) electrons. The highest BCUT2D eigenvalue weighted by atomic mass is 16.2. The lowest BCUT2D eigenvalue weighted by Gasteiger charge is -2.13. The molecule has 2 N–H and O–H groups in total. The number of amides is 2. The molecule has 0 fully saturated rings. The predicted molar refractivity (Wildman–Crippen MR) is 104 cm³/mol. The van der Waals surface area contributed by atoms with Crippen molar-refractivity contribution in [2.45, 2.75) is 53.6 Å². The summed E-state index contributed by atoms with van der Waals surface area (Å²) in [6, 6.07) is 5.96. The molecule has 2 unspecified atom stereocenters. The van der Waals surface area contributed by atoms with Gasteiger partial charge in [-0.05, 0) is 32.0 Å². The van der Waals surface area contributed by atoms with Gasteiger partial charge in [0, 0.05) is 46.0 Å². The van der Waals surface area contributed by atoms with Gasteiger partial charge in [0.1, 0.15) is 0 Å². The Morgan fingerprint density at radius 3 is 1.81 bits per heavy atom. The van der Waals surface area contributed by atoms with Crippen molar-refractivity contribution in [1.82, 2.24) is 25.0 Å². The minimum atomic E-state index is -0.0244. The van der Waals surface area contributed by atoms with Gasteiger partial charge in [0.25, 0.3) is 0 Å². The van der Waals surface area contributed by atoms with E-state index in [0.29, 0.717) is 0 Å². The van der Waals surface area contributed by atoms with Gasteiger partial charge in [-0.1, -0.05) is 13.8 Å². The monoisotopic (exact) mass is 363 g/mol. The topological polar surface area (TPSA) is 81.0 Å². The minimum absolute atomic E-state index is 0.00343.